The van der Waals surface area contributed by atoms with Crippen LogP contribution in [-0.2, 0) is 4.74 Å². The minimum atomic E-state index is 0.00366. The van der Waals surface area contributed by atoms with Gasteiger partial charge in [0.2, 0.25) is 0 Å². The lowest BCUT2D eigenvalue weighted by molar-refractivity contribution is 0.122. The van der Waals surface area contributed by atoms with Crippen molar-refractivity contribution in [1.29, 1.82) is 0 Å². The number of hydrogen-bond acceptors (Lipinski definition) is 3. The van der Waals surface area contributed by atoms with Crippen LogP contribution in [0, 0.1) is 0 Å². The Morgan fingerprint density at radius 2 is 2.19 bits per heavy atom. The van der Waals surface area contributed by atoms with Gasteiger partial charge in [0.05, 0.1) is 12.6 Å². The summed E-state index contributed by atoms with van der Waals surface area (Å²) >= 11 is 1.76. The van der Waals surface area contributed by atoms with Crippen molar-refractivity contribution in [3.05, 3.63) is 35.2 Å². The van der Waals surface area contributed by atoms with E-state index >= 15 is 0 Å². The van der Waals surface area contributed by atoms with Gasteiger partial charge in [0.15, 0.2) is 0 Å². The molecule has 0 fully saturated rings. The lowest BCUT2D eigenvalue weighted by atomic mass is 10.2. The van der Waals surface area contributed by atoms with Crippen molar-refractivity contribution in [3.8, 4) is 0 Å². The first-order chi connectivity index (χ1) is 7.81. The van der Waals surface area contributed by atoms with Crippen molar-refractivity contribution < 1.29 is 4.74 Å². The summed E-state index contributed by atoms with van der Waals surface area (Å²) < 4.78 is 6.77. The normalized spacial score (nSPS) is 13.1. The van der Waals surface area contributed by atoms with Crippen molar-refractivity contribution in [2.75, 3.05) is 13.2 Å². The lowest BCUT2D eigenvalue weighted by Gasteiger charge is -2.09. The van der Waals surface area contributed by atoms with Crippen LogP contribution < -0.4 is 5.73 Å². The highest BCUT2D eigenvalue weighted by atomic mass is 32.1. The Kier molecular flexibility index (Phi) is 3.93. The molecule has 0 amide bonds. The summed E-state index contributed by atoms with van der Waals surface area (Å²) in [7, 11) is 0. The maximum absolute atomic E-state index is 6.09. The summed E-state index contributed by atoms with van der Waals surface area (Å²) in [6.07, 6.45) is 1.04. The Morgan fingerprint density at radius 1 is 1.38 bits per heavy atom. The molecule has 2 nitrogen and oxygen atoms in total. The fourth-order valence-corrected chi connectivity index (χ4v) is 2.67. The van der Waals surface area contributed by atoms with Gasteiger partial charge in [-0.2, -0.15) is 0 Å². The van der Waals surface area contributed by atoms with Crippen molar-refractivity contribution in [1.82, 2.24) is 0 Å². The first kappa shape index (κ1) is 11.6. The zero-order valence-corrected chi connectivity index (χ0v) is 10.3. The van der Waals surface area contributed by atoms with Gasteiger partial charge in [-0.3, -0.25) is 0 Å². The highest BCUT2D eigenvalue weighted by Gasteiger charge is 2.09. The van der Waals surface area contributed by atoms with Crippen molar-refractivity contribution >= 4 is 21.4 Å². The maximum Gasteiger partial charge on any atom is 0.0667 e. The minimum absolute atomic E-state index is 0.00366. The van der Waals surface area contributed by atoms with E-state index in [2.05, 4.69) is 37.3 Å². The second kappa shape index (κ2) is 5.43. The van der Waals surface area contributed by atoms with Crippen LogP contribution in [0.3, 0.4) is 0 Å². The average molecular weight is 235 g/mol. The third kappa shape index (κ3) is 2.61. The molecule has 0 saturated heterocycles. The Labute approximate surface area is 100 Å². The van der Waals surface area contributed by atoms with E-state index in [4.69, 9.17) is 10.5 Å². The summed E-state index contributed by atoms with van der Waals surface area (Å²) in [5.41, 5.74) is 6.09. The molecule has 1 unspecified atom stereocenters. The van der Waals surface area contributed by atoms with Crippen LogP contribution in [0.1, 0.15) is 24.3 Å². The molecule has 86 valence electrons. The highest BCUT2D eigenvalue weighted by molar-refractivity contribution is 7.19. The van der Waals surface area contributed by atoms with Gasteiger partial charge in [-0.15, -0.1) is 11.3 Å². The molecule has 1 aromatic carbocycles. The van der Waals surface area contributed by atoms with Gasteiger partial charge in [-0.05, 0) is 23.9 Å². The van der Waals surface area contributed by atoms with Gasteiger partial charge in [0.1, 0.15) is 0 Å². The van der Waals surface area contributed by atoms with E-state index in [-0.39, 0.29) is 6.04 Å². The zero-order chi connectivity index (χ0) is 11.4. The fourth-order valence-electron chi connectivity index (χ4n) is 1.62. The molecule has 2 N–H and O–H groups in total. The molecular formula is C13H17NOS. The second-order valence-corrected chi connectivity index (χ2v) is 4.98. The number of rotatable bonds is 5. The molecule has 1 aromatic heterocycles. The molecule has 1 heterocycles. The van der Waals surface area contributed by atoms with Gasteiger partial charge in [-0.25, -0.2) is 0 Å². The topological polar surface area (TPSA) is 35.2 Å². The van der Waals surface area contributed by atoms with Gasteiger partial charge in [0.25, 0.3) is 0 Å². The van der Waals surface area contributed by atoms with E-state index in [1.807, 2.05) is 0 Å². The Morgan fingerprint density at radius 3 is 2.94 bits per heavy atom. The van der Waals surface area contributed by atoms with E-state index in [0.717, 1.165) is 13.0 Å². The molecule has 0 radical (unpaired) electrons. The number of ether oxygens (including phenoxy) is 1. The number of hydrogen-bond donors (Lipinski definition) is 1. The van der Waals surface area contributed by atoms with Crippen LogP contribution >= 0.6 is 11.3 Å². The molecular weight excluding hydrogens is 218 g/mol. The molecule has 0 bridgehead atoms. The Balaban J connectivity index is 2.07. The largest absolute Gasteiger partial charge is 0.379 e. The van der Waals surface area contributed by atoms with E-state index in [9.17, 15) is 0 Å². The molecule has 2 aromatic rings. The second-order valence-electron chi connectivity index (χ2n) is 3.87. The standard InChI is InChI=1S/C13H17NOS/c1-2-7-15-9-11(14)13-8-10-5-3-4-6-12(10)16-13/h3-6,8,11H,2,7,9,14H2,1H3. The monoisotopic (exact) mass is 235 g/mol. The van der Waals surface area contributed by atoms with Crippen molar-refractivity contribution in [2.45, 2.75) is 19.4 Å². The molecule has 3 heteroatoms. The fraction of sp³-hybridized carbons (Fsp3) is 0.385. The molecule has 1 atom stereocenters. The predicted molar refractivity (Wildman–Crippen MR) is 69.9 cm³/mol. The highest BCUT2D eigenvalue weighted by Crippen LogP contribution is 2.28. The number of fused-ring (bicyclic) bond motifs is 1. The van der Waals surface area contributed by atoms with Crippen LogP contribution in [-0.4, -0.2) is 13.2 Å². The lowest BCUT2D eigenvalue weighted by Crippen LogP contribution is -2.16. The van der Waals surface area contributed by atoms with Crippen LogP contribution in [0.4, 0.5) is 0 Å². The summed E-state index contributed by atoms with van der Waals surface area (Å²) in [5.74, 6) is 0. The molecule has 0 saturated carbocycles. The SMILES string of the molecule is CCCOCC(N)c1cc2ccccc2s1. The molecule has 2 rings (SSSR count). The summed E-state index contributed by atoms with van der Waals surface area (Å²) in [6.45, 7) is 3.50. The summed E-state index contributed by atoms with van der Waals surface area (Å²) in [5, 5.41) is 1.27. The molecule has 0 aliphatic carbocycles. The molecule has 16 heavy (non-hydrogen) atoms. The van der Waals surface area contributed by atoms with Crippen molar-refractivity contribution in [2.24, 2.45) is 5.73 Å². The third-order valence-electron chi connectivity index (χ3n) is 2.46. The Bertz CT molecular complexity index is 419. The van der Waals surface area contributed by atoms with E-state index in [1.54, 1.807) is 11.3 Å². The predicted octanol–water partition coefficient (Wildman–Crippen LogP) is 3.33. The van der Waals surface area contributed by atoms with Gasteiger partial charge >= 0.3 is 0 Å². The molecule has 0 aliphatic heterocycles. The van der Waals surface area contributed by atoms with Crippen molar-refractivity contribution in [3.63, 3.8) is 0 Å². The maximum atomic E-state index is 6.09. The third-order valence-corrected chi connectivity index (χ3v) is 3.70. The van der Waals surface area contributed by atoms with Gasteiger partial charge < -0.3 is 10.5 Å². The van der Waals surface area contributed by atoms with Gasteiger partial charge in [-0.1, -0.05) is 25.1 Å². The molecule has 0 spiro atoms. The summed E-state index contributed by atoms with van der Waals surface area (Å²) in [6, 6.07) is 10.5. The number of thiophene rings is 1. The van der Waals surface area contributed by atoms with E-state index < -0.39 is 0 Å². The van der Waals surface area contributed by atoms with Crippen LogP contribution in [0.25, 0.3) is 10.1 Å². The minimum Gasteiger partial charge on any atom is -0.379 e. The first-order valence-electron chi connectivity index (χ1n) is 5.63. The van der Waals surface area contributed by atoms with E-state index in [0.29, 0.717) is 6.61 Å². The number of nitrogens with two attached hydrogens (primary N) is 1. The first-order valence-corrected chi connectivity index (χ1v) is 6.44. The molecule has 0 aliphatic rings. The van der Waals surface area contributed by atoms with Crippen LogP contribution in [0.2, 0.25) is 0 Å². The average Bonchev–Trinajstić information content (AvgIpc) is 2.73. The smallest absolute Gasteiger partial charge is 0.0667 e. The number of benzene rings is 1. The van der Waals surface area contributed by atoms with Crippen LogP contribution in [0.15, 0.2) is 30.3 Å². The Hall–Kier alpha value is -0.900. The summed E-state index contributed by atoms with van der Waals surface area (Å²) in [4.78, 5) is 1.21. The van der Waals surface area contributed by atoms with Gasteiger partial charge in [0, 0.05) is 16.2 Å². The zero-order valence-electron chi connectivity index (χ0n) is 9.48. The van der Waals surface area contributed by atoms with E-state index in [1.165, 1.54) is 15.0 Å². The van der Waals surface area contributed by atoms with Crippen LogP contribution in [0.5, 0.6) is 0 Å². The quantitative estimate of drug-likeness (QED) is 0.807.